The lowest BCUT2D eigenvalue weighted by molar-refractivity contribution is -0.147. The van der Waals surface area contributed by atoms with Gasteiger partial charge in [-0.3, -0.25) is 19.2 Å². The van der Waals surface area contributed by atoms with Crippen LogP contribution in [0.2, 0.25) is 0 Å². The average molecular weight is 997 g/mol. The predicted octanol–water partition coefficient (Wildman–Crippen LogP) is 8.85. The molecule has 0 aliphatic heterocycles. The molecule has 0 amide bonds. The Labute approximate surface area is 420 Å². The molecule has 12 atom stereocenters. The summed E-state index contributed by atoms with van der Waals surface area (Å²) in [5.74, 6) is 1.88. The van der Waals surface area contributed by atoms with E-state index in [-0.39, 0.29) is 83.0 Å². The Balaban J connectivity index is 0.000000224. The molecular weight excluding hydrogens is 897 g/mol. The Bertz CT molecular complexity index is 1530. The number of fused-ring (bicyclic) bond motifs is 4. The zero-order valence-corrected chi connectivity index (χ0v) is 45.9. The van der Waals surface area contributed by atoms with Gasteiger partial charge in [0.25, 0.3) is 0 Å². The number of carboxylic acids is 4. The summed E-state index contributed by atoms with van der Waals surface area (Å²) in [7, 11) is 0. The molecule has 70 heavy (non-hydrogen) atoms. The fourth-order valence-electron chi connectivity index (χ4n) is 15.3. The summed E-state index contributed by atoms with van der Waals surface area (Å²) < 4.78 is 0. The minimum atomic E-state index is -0.667. The van der Waals surface area contributed by atoms with Gasteiger partial charge >= 0.3 is 23.9 Å². The van der Waals surface area contributed by atoms with Crippen molar-refractivity contribution in [3.8, 4) is 0 Å². The third-order valence-electron chi connectivity index (χ3n) is 21.6. The van der Waals surface area contributed by atoms with E-state index in [1.54, 1.807) is 0 Å². The molecule has 8 aliphatic carbocycles. The molecule has 0 aromatic heterocycles. The Kier molecular flexibility index (Phi) is 19.7. The molecule has 0 spiro atoms. The number of rotatable bonds is 12. The number of carbonyl (C=O) groups is 4. The van der Waals surface area contributed by atoms with Gasteiger partial charge in [0.05, 0.1) is 61.3 Å². The number of hydrogen-bond acceptors (Lipinski definition) is 10. The lowest BCUT2D eigenvalue weighted by Gasteiger charge is -2.24. The van der Waals surface area contributed by atoms with E-state index >= 15 is 0 Å². The van der Waals surface area contributed by atoms with E-state index in [4.69, 9.17) is 30.6 Å². The van der Waals surface area contributed by atoms with Gasteiger partial charge in [0.1, 0.15) is 0 Å². The number of aliphatic hydroxyl groups is 6. The van der Waals surface area contributed by atoms with E-state index in [1.165, 1.54) is 25.7 Å². The van der Waals surface area contributed by atoms with Crippen molar-refractivity contribution in [2.75, 3.05) is 39.6 Å². The van der Waals surface area contributed by atoms with Crippen molar-refractivity contribution >= 4 is 23.9 Å². The molecule has 0 bridgehead atoms. The molecule has 10 N–H and O–H groups in total. The van der Waals surface area contributed by atoms with Crippen molar-refractivity contribution in [2.45, 2.75) is 187 Å². The smallest absolute Gasteiger partial charge is 0.310 e. The Morgan fingerprint density at radius 1 is 0.357 bits per heavy atom. The number of carboxylic acid groups (broad SMARTS) is 4. The average Bonchev–Trinajstić information content (AvgIpc) is 4.23. The maximum Gasteiger partial charge on any atom is 0.310 e. The van der Waals surface area contributed by atoms with Crippen LogP contribution in [0.25, 0.3) is 0 Å². The van der Waals surface area contributed by atoms with Gasteiger partial charge in [0.15, 0.2) is 0 Å². The van der Waals surface area contributed by atoms with Gasteiger partial charge in [-0.1, -0.05) is 123 Å². The van der Waals surface area contributed by atoms with Crippen molar-refractivity contribution in [1.29, 1.82) is 0 Å². The third kappa shape index (κ3) is 10.5. The molecule has 0 aromatic rings. The van der Waals surface area contributed by atoms with Gasteiger partial charge in [-0.25, -0.2) is 0 Å². The predicted molar refractivity (Wildman–Crippen MR) is 269 cm³/mol. The second kappa shape index (κ2) is 22.2. The zero-order valence-electron chi connectivity index (χ0n) is 45.9. The number of hydrogen-bond donors (Lipinski definition) is 10. The lowest BCUT2D eigenvalue weighted by atomic mass is 9.80. The van der Waals surface area contributed by atoms with E-state index in [2.05, 4.69) is 83.1 Å². The lowest BCUT2D eigenvalue weighted by Crippen LogP contribution is -2.32. The standard InChI is InChI=1S/4C11H18O2.2C6H14O3/c4*1-7-4-5-8-10(2,3)11(8,6-7)9(12)13;2*1-2-6(3-7,4-8)5-9/h4*7-8H,4-6H2,1-3H3,(H,12,13);2*7-9H,2-5H2,1H3. The first kappa shape index (κ1) is 61.9. The summed E-state index contributed by atoms with van der Waals surface area (Å²) >= 11 is 0. The first-order valence-electron chi connectivity index (χ1n) is 26.8. The first-order chi connectivity index (χ1) is 32.2. The Morgan fingerprint density at radius 3 is 0.600 bits per heavy atom. The van der Waals surface area contributed by atoms with Crippen LogP contribution < -0.4 is 0 Å². The second-order valence-corrected chi connectivity index (χ2v) is 26.4. The van der Waals surface area contributed by atoms with Gasteiger partial charge in [0, 0.05) is 10.8 Å². The summed E-state index contributed by atoms with van der Waals surface area (Å²) in [6.45, 7) is 28.3. The third-order valence-corrected chi connectivity index (χ3v) is 21.6. The molecule has 8 aliphatic rings. The van der Waals surface area contributed by atoms with Crippen LogP contribution in [0.15, 0.2) is 0 Å². The van der Waals surface area contributed by atoms with E-state index in [0.717, 1.165) is 51.4 Å². The van der Waals surface area contributed by atoms with Crippen LogP contribution in [0.5, 0.6) is 0 Å². The molecule has 14 nitrogen and oxygen atoms in total. The van der Waals surface area contributed by atoms with Gasteiger partial charge in [-0.2, -0.15) is 0 Å². The van der Waals surface area contributed by atoms with E-state index in [1.807, 2.05) is 13.8 Å². The van der Waals surface area contributed by atoms with Crippen LogP contribution in [0.3, 0.4) is 0 Å². The normalized spacial score (nSPS) is 37.8. The molecule has 0 heterocycles. The van der Waals surface area contributed by atoms with Crippen molar-refractivity contribution in [3.63, 3.8) is 0 Å². The van der Waals surface area contributed by atoms with Gasteiger partial charge in [0.2, 0.25) is 0 Å². The minimum absolute atomic E-state index is 0.0452. The quantitative estimate of drug-likeness (QED) is 0.0875. The molecule has 12 unspecified atom stereocenters. The SMILES string of the molecule is CC1CCC2C(C)(C)C2(C(=O)O)C1.CC1CCC2C(C)(C)C2(C(=O)O)C1.CC1CCC2C(C)(C)C2(C(=O)O)C1.CC1CCC2C(C)(C)C2(C(=O)O)C1.CCC(CO)(CO)CO.CCC(CO)(CO)CO. The van der Waals surface area contributed by atoms with E-state index in [9.17, 15) is 39.6 Å². The fraction of sp³-hybridized carbons (Fsp3) is 0.929. The number of aliphatic carboxylic acids is 4. The highest BCUT2D eigenvalue weighted by Crippen LogP contribution is 2.78. The maximum absolute atomic E-state index is 11.3. The molecule has 8 saturated carbocycles. The monoisotopic (exact) mass is 997 g/mol. The largest absolute Gasteiger partial charge is 0.481 e. The molecule has 8 fully saturated rings. The van der Waals surface area contributed by atoms with Crippen LogP contribution >= 0.6 is 0 Å². The van der Waals surface area contributed by atoms with Crippen LogP contribution in [0.4, 0.5) is 0 Å². The summed E-state index contributed by atoms with van der Waals surface area (Å²) in [5.41, 5.74) is -2.63. The fourth-order valence-corrected chi connectivity index (χ4v) is 15.3. The maximum atomic E-state index is 11.3. The Hall–Kier alpha value is -2.36. The van der Waals surface area contributed by atoms with Gasteiger partial charge in [-0.05, 0) is 133 Å². The highest BCUT2D eigenvalue weighted by atomic mass is 16.4. The summed E-state index contributed by atoms with van der Waals surface area (Å²) in [6.07, 6.45) is 14.0. The topological polar surface area (TPSA) is 271 Å². The molecule has 0 aromatic carbocycles. The first-order valence-corrected chi connectivity index (χ1v) is 26.8. The highest BCUT2D eigenvalue weighted by molar-refractivity contribution is 5.82. The summed E-state index contributed by atoms with van der Waals surface area (Å²) in [4.78, 5) is 45.1. The zero-order chi connectivity index (χ0) is 54.1. The Morgan fingerprint density at radius 2 is 0.514 bits per heavy atom. The molecule has 0 radical (unpaired) electrons. The molecule has 408 valence electrons. The minimum Gasteiger partial charge on any atom is -0.481 e. The van der Waals surface area contributed by atoms with Gasteiger partial charge < -0.3 is 51.1 Å². The van der Waals surface area contributed by atoms with Crippen LogP contribution in [-0.4, -0.2) is 115 Å². The summed E-state index contributed by atoms with van der Waals surface area (Å²) in [5, 5.41) is 89.1. The van der Waals surface area contributed by atoms with E-state index < -0.39 is 34.7 Å². The van der Waals surface area contributed by atoms with Crippen molar-refractivity contribution in [2.24, 2.45) is 101 Å². The van der Waals surface area contributed by atoms with Gasteiger partial charge in [-0.15, -0.1) is 0 Å². The molecule has 14 heteroatoms. The second-order valence-electron chi connectivity index (χ2n) is 26.4. The summed E-state index contributed by atoms with van der Waals surface area (Å²) in [6, 6.07) is 0. The molecule has 0 saturated heterocycles. The van der Waals surface area contributed by atoms with E-state index in [0.29, 0.717) is 60.2 Å². The van der Waals surface area contributed by atoms with Crippen LogP contribution in [0.1, 0.15) is 187 Å². The number of aliphatic hydroxyl groups excluding tert-OH is 6. The highest BCUT2D eigenvalue weighted by Gasteiger charge is 2.78. The molecule has 8 rings (SSSR count). The van der Waals surface area contributed by atoms with Crippen molar-refractivity contribution in [1.82, 2.24) is 0 Å². The van der Waals surface area contributed by atoms with Crippen LogP contribution in [0, 0.1) is 101 Å². The van der Waals surface area contributed by atoms with Crippen molar-refractivity contribution < 1.29 is 70.2 Å². The molecular formula is C56H100O14. The van der Waals surface area contributed by atoms with Crippen molar-refractivity contribution in [3.05, 3.63) is 0 Å². The van der Waals surface area contributed by atoms with Crippen LogP contribution in [-0.2, 0) is 19.2 Å².